The molecule has 0 bridgehead atoms. The molecular weight excluding hydrogens is 532 g/mol. The van der Waals surface area contributed by atoms with E-state index in [2.05, 4.69) is 5.92 Å². The molecule has 4 aromatic rings. The molecule has 0 aromatic heterocycles. The molecule has 2 N–H and O–H groups in total. The lowest BCUT2D eigenvalue weighted by Crippen LogP contribution is -2.51. The molecule has 7 heteroatoms. The summed E-state index contributed by atoms with van der Waals surface area (Å²) in [5.41, 5.74) is 0.00221. The minimum atomic E-state index is -1.97. The second-order valence-electron chi connectivity index (χ2n) is 9.69. The molecule has 0 saturated heterocycles. The molecule has 42 heavy (non-hydrogen) atoms. The highest BCUT2D eigenvalue weighted by Gasteiger charge is 2.43. The van der Waals surface area contributed by atoms with Gasteiger partial charge in [0.05, 0.1) is 41.2 Å². The number of methoxy groups -OCH3 is 3. The van der Waals surface area contributed by atoms with Gasteiger partial charge in [-0.2, -0.15) is 0 Å². The van der Waals surface area contributed by atoms with Gasteiger partial charge in [0.25, 0.3) is 0 Å². The van der Waals surface area contributed by atoms with Crippen LogP contribution in [0.3, 0.4) is 0 Å². The molecule has 218 valence electrons. The normalized spacial score (nSPS) is 13.4. The lowest BCUT2D eigenvalue weighted by Gasteiger charge is -2.39. The Morgan fingerprint density at radius 1 is 0.690 bits per heavy atom. The summed E-state index contributed by atoms with van der Waals surface area (Å²) in [6.07, 6.45) is 4.76. The van der Waals surface area contributed by atoms with Gasteiger partial charge in [-0.1, -0.05) is 72.7 Å². The van der Waals surface area contributed by atoms with Gasteiger partial charge in [0.1, 0.15) is 29.0 Å². The first kappa shape index (κ1) is 30.6. The minimum Gasteiger partial charge on any atom is -0.497 e. The van der Waals surface area contributed by atoms with Crippen LogP contribution in [0.5, 0.6) is 17.2 Å². The van der Waals surface area contributed by atoms with E-state index in [0.717, 1.165) is 22.3 Å². The van der Waals surface area contributed by atoms with E-state index in [4.69, 9.17) is 30.1 Å². The third-order valence-electron chi connectivity index (χ3n) is 7.24. The molecule has 0 amide bonds. The largest absolute Gasteiger partial charge is 0.497 e. The summed E-state index contributed by atoms with van der Waals surface area (Å²) in [5, 5.41) is 22.0. The third kappa shape index (κ3) is 6.59. The molecule has 0 fully saturated rings. The smallest absolute Gasteiger partial charge is 0.176 e. The van der Waals surface area contributed by atoms with E-state index in [1.54, 1.807) is 33.5 Å². The molecule has 4 rings (SSSR count). The Balaban J connectivity index is 1.73. The molecule has 0 aliphatic rings. The van der Waals surface area contributed by atoms with Crippen LogP contribution in [-0.4, -0.2) is 56.5 Å². The van der Waals surface area contributed by atoms with E-state index in [9.17, 15) is 10.2 Å². The number of aliphatic hydroxyl groups is 2. The topological polar surface area (TPSA) is 86.6 Å². The number of benzene rings is 4. The number of rotatable bonds is 14. The van der Waals surface area contributed by atoms with Gasteiger partial charge in [-0.25, -0.2) is 0 Å². The van der Waals surface area contributed by atoms with E-state index in [1.807, 2.05) is 91.0 Å². The highest BCUT2D eigenvalue weighted by Crippen LogP contribution is 2.42. The molecule has 0 saturated carbocycles. The first-order chi connectivity index (χ1) is 20.4. The SMILES string of the molecule is C#C[C@](O)(COC(c1ccccc1)(c1ccc(OC)cc1)c1ccc(OC)cc1)[C@H](CO)OCc1ccc(OC)cc1. The minimum absolute atomic E-state index is 0.111. The monoisotopic (exact) mass is 568 g/mol. The summed E-state index contributed by atoms with van der Waals surface area (Å²) < 4.78 is 28.7. The maximum Gasteiger partial charge on any atom is 0.176 e. The molecule has 0 radical (unpaired) electrons. The maximum atomic E-state index is 11.7. The van der Waals surface area contributed by atoms with E-state index in [0.29, 0.717) is 17.2 Å². The highest BCUT2D eigenvalue weighted by atomic mass is 16.5. The first-order valence-corrected chi connectivity index (χ1v) is 13.5. The Hall–Kier alpha value is -4.32. The summed E-state index contributed by atoms with van der Waals surface area (Å²) in [4.78, 5) is 0. The maximum absolute atomic E-state index is 11.7. The number of aliphatic hydroxyl groups excluding tert-OH is 1. The summed E-state index contributed by atoms with van der Waals surface area (Å²) in [7, 11) is 4.80. The van der Waals surface area contributed by atoms with Crippen LogP contribution in [0, 0.1) is 12.3 Å². The molecule has 0 aliphatic carbocycles. The van der Waals surface area contributed by atoms with Crippen molar-refractivity contribution in [1.29, 1.82) is 0 Å². The van der Waals surface area contributed by atoms with Crippen LogP contribution in [0.4, 0.5) is 0 Å². The lowest BCUT2D eigenvalue weighted by molar-refractivity contribution is -0.149. The predicted molar refractivity (Wildman–Crippen MR) is 161 cm³/mol. The zero-order chi connectivity index (χ0) is 30.0. The number of hydrogen-bond donors (Lipinski definition) is 2. The van der Waals surface area contributed by atoms with Gasteiger partial charge in [-0.05, 0) is 58.7 Å². The van der Waals surface area contributed by atoms with Crippen molar-refractivity contribution in [2.45, 2.75) is 23.9 Å². The molecule has 0 heterocycles. The number of ether oxygens (including phenoxy) is 5. The Morgan fingerprint density at radius 3 is 1.57 bits per heavy atom. The highest BCUT2D eigenvalue weighted by molar-refractivity contribution is 5.50. The molecule has 0 unspecified atom stereocenters. The van der Waals surface area contributed by atoms with Crippen LogP contribution >= 0.6 is 0 Å². The van der Waals surface area contributed by atoms with Crippen molar-refractivity contribution in [1.82, 2.24) is 0 Å². The third-order valence-corrected chi connectivity index (χ3v) is 7.24. The van der Waals surface area contributed by atoms with E-state index in [-0.39, 0.29) is 13.2 Å². The van der Waals surface area contributed by atoms with Crippen molar-refractivity contribution >= 4 is 0 Å². The van der Waals surface area contributed by atoms with Crippen molar-refractivity contribution in [2.75, 3.05) is 34.5 Å². The van der Waals surface area contributed by atoms with Crippen LogP contribution in [-0.2, 0) is 21.7 Å². The van der Waals surface area contributed by atoms with Gasteiger partial charge in [0.15, 0.2) is 5.60 Å². The Kier molecular flexibility index (Phi) is 10.2. The standard InChI is InChI=1S/C35H36O7/c1-5-34(37,33(23-36)41-24-26-11-17-30(38-2)18-12-26)25-42-35(27-9-7-6-8-10-27,28-13-19-31(39-3)20-14-28)29-15-21-32(40-4)22-16-29/h1,6-22,33,36-37H,23-25H2,2-4H3/t33-,34-/m0/s1. The van der Waals surface area contributed by atoms with Gasteiger partial charge in [0.2, 0.25) is 0 Å². The lowest BCUT2D eigenvalue weighted by atomic mass is 9.79. The van der Waals surface area contributed by atoms with Gasteiger partial charge in [0, 0.05) is 0 Å². The molecule has 0 aliphatic heterocycles. The summed E-state index contributed by atoms with van der Waals surface area (Å²) in [6, 6.07) is 32.0. The number of hydrogen-bond acceptors (Lipinski definition) is 7. The van der Waals surface area contributed by atoms with Gasteiger partial charge in [-0.15, -0.1) is 6.42 Å². The average molecular weight is 569 g/mol. The van der Waals surface area contributed by atoms with E-state index < -0.39 is 23.9 Å². The second-order valence-corrected chi connectivity index (χ2v) is 9.69. The fraction of sp³-hybridized carbons (Fsp3) is 0.257. The molecule has 2 atom stereocenters. The van der Waals surface area contributed by atoms with Crippen molar-refractivity contribution < 1.29 is 33.9 Å². The summed E-state index contributed by atoms with van der Waals surface area (Å²) in [6.45, 7) is -0.770. The van der Waals surface area contributed by atoms with Crippen molar-refractivity contribution in [2.24, 2.45) is 0 Å². The molecule has 4 aromatic carbocycles. The van der Waals surface area contributed by atoms with Crippen molar-refractivity contribution in [3.8, 4) is 29.6 Å². The first-order valence-electron chi connectivity index (χ1n) is 13.5. The molecular formula is C35H36O7. The van der Waals surface area contributed by atoms with Crippen molar-refractivity contribution in [3.05, 3.63) is 125 Å². The average Bonchev–Trinajstić information content (AvgIpc) is 3.06. The van der Waals surface area contributed by atoms with Crippen LogP contribution in [0.25, 0.3) is 0 Å². The van der Waals surface area contributed by atoms with Crippen molar-refractivity contribution in [3.63, 3.8) is 0 Å². The quantitative estimate of drug-likeness (QED) is 0.164. The van der Waals surface area contributed by atoms with Gasteiger partial charge < -0.3 is 33.9 Å². The predicted octanol–water partition coefficient (Wildman–Crippen LogP) is 4.96. The fourth-order valence-corrected chi connectivity index (χ4v) is 4.78. The van der Waals surface area contributed by atoms with Crippen LogP contribution in [0.15, 0.2) is 103 Å². The molecule has 0 spiro atoms. The zero-order valence-electron chi connectivity index (χ0n) is 24.0. The molecule has 7 nitrogen and oxygen atoms in total. The Morgan fingerprint density at radius 2 is 1.14 bits per heavy atom. The summed E-state index contributed by atoms with van der Waals surface area (Å²) >= 11 is 0. The fourth-order valence-electron chi connectivity index (χ4n) is 4.78. The van der Waals surface area contributed by atoms with Gasteiger partial charge >= 0.3 is 0 Å². The summed E-state index contributed by atoms with van der Waals surface area (Å²) in [5.74, 6) is 4.51. The Bertz CT molecular complexity index is 1380. The second kappa shape index (κ2) is 14.0. The van der Waals surface area contributed by atoms with Crippen LogP contribution in [0.2, 0.25) is 0 Å². The zero-order valence-corrected chi connectivity index (χ0v) is 24.0. The van der Waals surface area contributed by atoms with Crippen LogP contribution in [0.1, 0.15) is 22.3 Å². The van der Waals surface area contributed by atoms with E-state index >= 15 is 0 Å². The number of terminal acetylenes is 1. The van der Waals surface area contributed by atoms with Crippen LogP contribution < -0.4 is 14.2 Å². The Labute approximate surface area is 247 Å². The van der Waals surface area contributed by atoms with E-state index in [1.165, 1.54) is 0 Å². The van der Waals surface area contributed by atoms with Gasteiger partial charge in [-0.3, -0.25) is 0 Å².